The van der Waals surface area contributed by atoms with Crippen molar-refractivity contribution >= 4 is 12.0 Å². The lowest BCUT2D eigenvalue weighted by molar-refractivity contribution is 0.112. The van der Waals surface area contributed by atoms with Crippen LogP contribution in [0.3, 0.4) is 0 Å². The van der Waals surface area contributed by atoms with Gasteiger partial charge in [-0.05, 0) is 26.0 Å². The molecule has 0 saturated carbocycles. The Labute approximate surface area is 79.2 Å². The molecular formula is C11H15NO. The minimum Gasteiger partial charge on any atom is -0.372 e. The van der Waals surface area contributed by atoms with Crippen LogP contribution in [-0.2, 0) is 0 Å². The van der Waals surface area contributed by atoms with E-state index in [0.717, 1.165) is 30.6 Å². The van der Waals surface area contributed by atoms with Gasteiger partial charge in [-0.2, -0.15) is 0 Å². The molecule has 0 aliphatic rings. The SMILES string of the molecule is CCN(CC)c1cccc(C=O)c1. The smallest absolute Gasteiger partial charge is 0.150 e. The van der Waals surface area contributed by atoms with Gasteiger partial charge in [-0.1, -0.05) is 12.1 Å². The maximum atomic E-state index is 10.5. The van der Waals surface area contributed by atoms with Crippen LogP contribution in [0.25, 0.3) is 0 Å². The number of carbonyl (C=O) groups is 1. The molecule has 0 aromatic heterocycles. The van der Waals surface area contributed by atoms with Gasteiger partial charge >= 0.3 is 0 Å². The van der Waals surface area contributed by atoms with E-state index in [4.69, 9.17) is 0 Å². The molecule has 0 N–H and O–H groups in total. The van der Waals surface area contributed by atoms with Crippen LogP contribution in [0.15, 0.2) is 24.3 Å². The molecule has 0 aliphatic heterocycles. The first-order chi connectivity index (χ1) is 6.31. The summed E-state index contributed by atoms with van der Waals surface area (Å²) < 4.78 is 0. The Balaban J connectivity index is 2.92. The quantitative estimate of drug-likeness (QED) is 0.658. The van der Waals surface area contributed by atoms with Crippen LogP contribution in [0.1, 0.15) is 24.2 Å². The first kappa shape index (κ1) is 9.78. The predicted molar refractivity (Wildman–Crippen MR) is 55.4 cm³/mol. The van der Waals surface area contributed by atoms with Crippen LogP contribution in [0.4, 0.5) is 5.69 Å². The molecule has 0 amide bonds. The van der Waals surface area contributed by atoms with Gasteiger partial charge in [0.1, 0.15) is 6.29 Å². The molecule has 0 fully saturated rings. The first-order valence-electron chi connectivity index (χ1n) is 4.62. The highest BCUT2D eigenvalue weighted by atomic mass is 16.1. The third-order valence-electron chi connectivity index (χ3n) is 2.13. The second-order valence-electron chi connectivity index (χ2n) is 2.89. The van der Waals surface area contributed by atoms with Crippen LogP contribution < -0.4 is 4.90 Å². The fourth-order valence-electron chi connectivity index (χ4n) is 1.38. The van der Waals surface area contributed by atoms with Crippen LogP contribution in [0.5, 0.6) is 0 Å². The Hall–Kier alpha value is -1.31. The lowest BCUT2D eigenvalue weighted by Crippen LogP contribution is -2.21. The third-order valence-corrected chi connectivity index (χ3v) is 2.13. The number of anilines is 1. The highest BCUT2D eigenvalue weighted by Gasteiger charge is 2.01. The molecule has 1 aromatic rings. The van der Waals surface area contributed by atoms with Gasteiger partial charge in [-0.25, -0.2) is 0 Å². The molecule has 0 radical (unpaired) electrons. The molecule has 13 heavy (non-hydrogen) atoms. The van der Waals surface area contributed by atoms with Crippen molar-refractivity contribution in [3.63, 3.8) is 0 Å². The van der Waals surface area contributed by atoms with Crippen LogP contribution >= 0.6 is 0 Å². The van der Waals surface area contributed by atoms with E-state index in [9.17, 15) is 4.79 Å². The van der Waals surface area contributed by atoms with Crippen molar-refractivity contribution in [2.45, 2.75) is 13.8 Å². The summed E-state index contributed by atoms with van der Waals surface area (Å²) in [6.45, 7) is 6.16. The molecule has 1 aromatic carbocycles. The Morgan fingerprint density at radius 3 is 2.54 bits per heavy atom. The molecule has 70 valence electrons. The van der Waals surface area contributed by atoms with Crippen molar-refractivity contribution < 1.29 is 4.79 Å². The Morgan fingerprint density at radius 1 is 1.31 bits per heavy atom. The van der Waals surface area contributed by atoms with Crippen LogP contribution in [0, 0.1) is 0 Å². The second-order valence-corrected chi connectivity index (χ2v) is 2.89. The van der Waals surface area contributed by atoms with Crippen molar-refractivity contribution in [3.05, 3.63) is 29.8 Å². The second kappa shape index (κ2) is 4.65. The maximum Gasteiger partial charge on any atom is 0.150 e. The zero-order valence-electron chi connectivity index (χ0n) is 8.16. The number of nitrogens with zero attached hydrogens (tertiary/aromatic N) is 1. The van der Waals surface area contributed by atoms with Gasteiger partial charge in [0.15, 0.2) is 0 Å². The number of benzene rings is 1. The number of rotatable bonds is 4. The largest absolute Gasteiger partial charge is 0.372 e. The van der Waals surface area contributed by atoms with Crippen molar-refractivity contribution in [2.75, 3.05) is 18.0 Å². The summed E-state index contributed by atoms with van der Waals surface area (Å²) in [6.07, 6.45) is 0.882. The monoisotopic (exact) mass is 177 g/mol. The van der Waals surface area contributed by atoms with Crippen molar-refractivity contribution in [1.82, 2.24) is 0 Å². The number of carbonyl (C=O) groups excluding carboxylic acids is 1. The number of hydrogen-bond donors (Lipinski definition) is 0. The Bertz CT molecular complexity index is 279. The summed E-state index contributed by atoms with van der Waals surface area (Å²) in [7, 11) is 0. The van der Waals surface area contributed by atoms with Gasteiger partial charge in [0.2, 0.25) is 0 Å². The van der Waals surface area contributed by atoms with Gasteiger partial charge in [0.25, 0.3) is 0 Å². The van der Waals surface area contributed by atoms with E-state index in [1.165, 1.54) is 0 Å². The molecule has 0 unspecified atom stereocenters. The van der Waals surface area contributed by atoms with Crippen LogP contribution in [0.2, 0.25) is 0 Å². The summed E-state index contributed by atoms with van der Waals surface area (Å²) in [5, 5.41) is 0. The molecule has 0 bridgehead atoms. The predicted octanol–water partition coefficient (Wildman–Crippen LogP) is 2.35. The van der Waals surface area contributed by atoms with Gasteiger partial charge in [0, 0.05) is 24.3 Å². The third kappa shape index (κ3) is 2.31. The average Bonchev–Trinajstić information content (AvgIpc) is 2.20. The zero-order valence-corrected chi connectivity index (χ0v) is 8.16. The van der Waals surface area contributed by atoms with Gasteiger partial charge in [-0.15, -0.1) is 0 Å². The Kier molecular flexibility index (Phi) is 3.50. The molecule has 2 heteroatoms. The van der Waals surface area contributed by atoms with E-state index in [-0.39, 0.29) is 0 Å². The minimum absolute atomic E-state index is 0.740. The molecule has 0 heterocycles. The van der Waals surface area contributed by atoms with Crippen molar-refractivity contribution in [1.29, 1.82) is 0 Å². The maximum absolute atomic E-state index is 10.5. The fraction of sp³-hybridized carbons (Fsp3) is 0.364. The van der Waals surface area contributed by atoms with Gasteiger partial charge < -0.3 is 4.90 Å². The van der Waals surface area contributed by atoms with E-state index in [2.05, 4.69) is 18.7 Å². The molecule has 0 atom stereocenters. The molecule has 0 saturated heterocycles. The molecule has 2 nitrogen and oxygen atoms in total. The number of hydrogen-bond acceptors (Lipinski definition) is 2. The van der Waals surface area contributed by atoms with E-state index in [0.29, 0.717) is 0 Å². The fourth-order valence-corrected chi connectivity index (χ4v) is 1.38. The summed E-state index contributed by atoms with van der Waals surface area (Å²) in [6, 6.07) is 7.68. The first-order valence-corrected chi connectivity index (χ1v) is 4.62. The van der Waals surface area contributed by atoms with Gasteiger partial charge in [-0.3, -0.25) is 4.79 Å². The highest BCUT2D eigenvalue weighted by Crippen LogP contribution is 2.14. The highest BCUT2D eigenvalue weighted by molar-refractivity contribution is 5.77. The lowest BCUT2D eigenvalue weighted by Gasteiger charge is -2.20. The van der Waals surface area contributed by atoms with E-state index >= 15 is 0 Å². The molecule has 0 spiro atoms. The summed E-state index contributed by atoms with van der Waals surface area (Å²) in [5.41, 5.74) is 1.86. The lowest BCUT2D eigenvalue weighted by atomic mass is 10.2. The number of aldehydes is 1. The topological polar surface area (TPSA) is 20.3 Å². The summed E-state index contributed by atoms with van der Waals surface area (Å²) in [5.74, 6) is 0. The van der Waals surface area contributed by atoms with E-state index in [1.807, 2.05) is 24.3 Å². The van der Waals surface area contributed by atoms with E-state index < -0.39 is 0 Å². The van der Waals surface area contributed by atoms with Crippen molar-refractivity contribution in [2.24, 2.45) is 0 Å². The Morgan fingerprint density at radius 2 is 2.00 bits per heavy atom. The summed E-state index contributed by atoms with van der Waals surface area (Å²) in [4.78, 5) is 12.8. The normalized spacial score (nSPS) is 9.69. The van der Waals surface area contributed by atoms with Crippen LogP contribution in [-0.4, -0.2) is 19.4 Å². The summed E-state index contributed by atoms with van der Waals surface area (Å²) >= 11 is 0. The molecule has 0 aliphatic carbocycles. The van der Waals surface area contributed by atoms with Gasteiger partial charge in [0.05, 0.1) is 0 Å². The van der Waals surface area contributed by atoms with Crippen molar-refractivity contribution in [3.8, 4) is 0 Å². The molecule has 1 rings (SSSR count). The molecular weight excluding hydrogens is 162 g/mol. The zero-order chi connectivity index (χ0) is 9.68. The minimum atomic E-state index is 0.740. The van der Waals surface area contributed by atoms with E-state index in [1.54, 1.807) is 0 Å². The average molecular weight is 177 g/mol. The standard InChI is InChI=1S/C11H15NO/c1-3-12(4-2)11-7-5-6-10(8-11)9-13/h5-9H,3-4H2,1-2H3.